The number of nitrogens with one attached hydrogen (secondary N) is 2. The highest BCUT2D eigenvalue weighted by molar-refractivity contribution is 5.89. The number of alkyl halides is 3. The number of amides is 2. The number of benzene rings is 1. The average Bonchev–Trinajstić information content (AvgIpc) is 2.17. The first-order valence-electron chi connectivity index (χ1n) is 4.01. The first kappa shape index (κ1) is 11.4. The van der Waals surface area contributed by atoms with Gasteiger partial charge in [-0.25, -0.2) is 4.79 Å². The van der Waals surface area contributed by atoms with Gasteiger partial charge in [0.25, 0.3) is 0 Å². The van der Waals surface area contributed by atoms with Crippen molar-refractivity contribution in [1.29, 1.82) is 0 Å². The molecule has 81 valence electrons. The molecule has 0 atom stereocenters. The van der Waals surface area contributed by atoms with Crippen LogP contribution in [0.15, 0.2) is 18.2 Å². The number of hydrogen-bond donors (Lipinski definition) is 2. The predicted molar refractivity (Wildman–Crippen MR) is 48.4 cm³/mol. The van der Waals surface area contributed by atoms with Gasteiger partial charge in [0.1, 0.15) is 0 Å². The Morgan fingerprint density at radius 3 is 2.67 bits per heavy atom. The molecule has 1 aromatic rings. The van der Waals surface area contributed by atoms with Crippen molar-refractivity contribution < 1.29 is 18.0 Å². The van der Waals surface area contributed by atoms with Crippen LogP contribution >= 0.6 is 0 Å². The second-order valence-corrected chi connectivity index (χ2v) is 2.67. The molecule has 2 amide bonds. The van der Waals surface area contributed by atoms with Gasteiger partial charge in [-0.2, -0.15) is 13.2 Å². The molecule has 0 saturated carbocycles. The van der Waals surface area contributed by atoms with E-state index in [0.29, 0.717) is 0 Å². The molecule has 15 heavy (non-hydrogen) atoms. The molecule has 2 N–H and O–H groups in total. The van der Waals surface area contributed by atoms with Crippen molar-refractivity contribution in [3.05, 3.63) is 29.8 Å². The highest BCUT2D eigenvalue weighted by atomic mass is 19.4. The number of rotatable bonds is 1. The summed E-state index contributed by atoms with van der Waals surface area (Å²) in [5.74, 6) is 0. The number of urea groups is 1. The van der Waals surface area contributed by atoms with E-state index in [1.807, 2.05) is 0 Å². The van der Waals surface area contributed by atoms with E-state index >= 15 is 0 Å². The molecule has 0 aliphatic heterocycles. The van der Waals surface area contributed by atoms with E-state index in [9.17, 15) is 18.0 Å². The molecule has 0 saturated heterocycles. The van der Waals surface area contributed by atoms with Gasteiger partial charge in [-0.1, -0.05) is 6.07 Å². The van der Waals surface area contributed by atoms with Crippen LogP contribution in [0.25, 0.3) is 0 Å². The molecule has 0 aliphatic carbocycles. The van der Waals surface area contributed by atoms with Gasteiger partial charge in [0, 0.05) is 7.05 Å². The van der Waals surface area contributed by atoms with Crippen LogP contribution in [0.5, 0.6) is 0 Å². The lowest BCUT2D eigenvalue weighted by Crippen LogP contribution is -2.26. The predicted octanol–water partition coefficient (Wildman–Crippen LogP) is 2.26. The van der Waals surface area contributed by atoms with Crippen molar-refractivity contribution in [3.8, 4) is 0 Å². The number of anilines is 1. The van der Waals surface area contributed by atoms with Gasteiger partial charge in [0.05, 0.1) is 11.3 Å². The van der Waals surface area contributed by atoms with Gasteiger partial charge in [-0.15, -0.1) is 0 Å². The third kappa shape index (κ3) is 2.87. The minimum Gasteiger partial charge on any atom is -0.341 e. The molecule has 6 heteroatoms. The fraction of sp³-hybridized carbons (Fsp3) is 0.222. The molecule has 0 aromatic heterocycles. The Hall–Kier alpha value is -1.72. The first-order valence-corrected chi connectivity index (χ1v) is 4.01. The van der Waals surface area contributed by atoms with Crippen LogP contribution in [0, 0.1) is 6.07 Å². The zero-order valence-electron chi connectivity index (χ0n) is 7.77. The second kappa shape index (κ2) is 4.20. The van der Waals surface area contributed by atoms with Crippen molar-refractivity contribution in [3.63, 3.8) is 0 Å². The maximum Gasteiger partial charge on any atom is 0.418 e. The summed E-state index contributed by atoms with van der Waals surface area (Å²) in [7, 11) is 1.32. The molecule has 1 aromatic carbocycles. The van der Waals surface area contributed by atoms with E-state index in [-0.39, 0.29) is 5.69 Å². The molecular formula is C9H8F3N2O. The zero-order valence-corrected chi connectivity index (χ0v) is 7.77. The van der Waals surface area contributed by atoms with Crippen LogP contribution in [0.1, 0.15) is 5.56 Å². The van der Waals surface area contributed by atoms with Gasteiger partial charge in [-0.05, 0) is 18.2 Å². The third-order valence-corrected chi connectivity index (χ3v) is 1.64. The molecule has 0 aliphatic rings. The van der Waals surface area contributed by atoms with Crippen LogP contribution in [-0.4, -0.2) is 13.1 Å². The minimum atomic E-state index is -4.51. The van der Waals surface area contributed by atoms with Crippen molar-refractivity contribution in [2.75, 3.05) is 12.4 Å². The fourth-order valence-corrected chi connectivity index (χ4v) is 0.959. The van der Waals surface area contributed by atoms with E-state index in [1.54, 1.807) is 0 Å². The number of halogens is 3. The summed E-state index contributed by atoms with van der Waals surface area (Å²) in [6.45, 7) is 0. The van der Waals surface area contributed by atoms with E-state index in [0.717, 1.165) is 12.1 Å². The van der Waals surface area contributed by atoms with Crippen molar-refractivity contribution in [1.82, 2.24) is 5.32 Å². The average molecular weight is 217 g/mol. The summed E-state index contributed by atoms with van der Waals surface area (Å²) in [6.07, 6.45) is -4.51. The molecule has 0 heterocycles. The number of hydrogen-bond acceptors (Lipinski definition) is 1. The smallest absolute Gasteiger partial charge is 0.341 e. The van der Waals surface area contributed by atoms with Gasteiger partial charge in [0.2, 0.25) is 0 Å². The largest absolute Gasteiger partial charge is 0.418 e. The molecule has 0 bridgehead atoms. The van der Waals surface area contributed by atoms with E-state index in [2.05, 4.69) is 16.7 Å². The standard InChI is InChI=1S/C9H8F3N2O/c1-13-8(15)14-7-5-3-2-4-6(7)9(10,11)12/h3-5H,1H3,(H2,13,14,15). The lowest BCUT2D eigenvalue weighted by molar-refractivity contribution is -0.136. The van der Waals surface area contributed by atoms with E-state index in [1.165, 1.54) is 13.1 Å². The lowest BCUT2D eigenvalue weighted by Gasteiger charge is -2.12. The van der Waals surface area contributed by atoms with Crippen LogP contribution < -0.4 is 10.6 Å². The van der Waals surface area contributed by atoms with Gasteiger partial charge >= 0.3 is 12.2 Å². The number of carbonyl (C=O) groups is 1. The molecule has 1 rings (SSSR count). The maximum absolute atomic E-state index is 12.4. The van der Waals surface area contributed by atoms with E-state index in [4.69, 9.17) is 0 Å². The van der Waals surface area contributed by atoms with Gasteiger partial charge in [-0.3, -0.25) is 0 Å². The summed E-state index contributed by atoms with van der Waals surface area (Å²) in [5.41, 5.74) is -1.21. The minimum absolute atomic E-state index is 0.291. The summed E-state index contributed by atoms with van der Waals surface area (Å²) >= 11 is 0. The second-order valence-electron chi connectivity index (χ2n) is 2.67. The highest BCUT2D eigenvalue weighted by Gasteiger charge is 2.33. The van der Waals surface area contributed by atoms with Crippen molar-refractivity contribution in [2.24, 2.45) is 0 Å². The Bertz CT molecular complexity index is 363. The van der Waals surface area contributed by atoms with Crippen LogP contribution in [0.2, 0.25) is 0 Å². The molecule has 3 nitrogen and oxygen atoms in total. The summed E-state index contributed by atoms with van der Waals surface area (Å²) < 4.78 is 37.2. The van der Waals surface area contributed by atoms with Gasteiger partial charge < -0.3 is 10.6 Å². The Morgan fingerprint density at radius 1 is 1.47 bits per heavy atom. The number of carbonyl (C=O) groups excluding carboxylic acids is 1. The lowest BCUT2D eigenvalue weighted by atomic mass is 10.1. The first-order chi connectivity index (χ1) is 6.95. The summed E-state index contributed by atoms with van der Waals surface area (Å²) in [6, 6.07) is 4.82. The van der Waals surface area contributed by atoms with Crippen molar-refractivity contribution >= 4 is 11.7 Å². The van der Waals surface area contributed by atoms with Crippen LogP contribution in [0.3, 0.4) is 0 Å². The van der Waals surface area contributed by atoms with E-state index < -0.39 is 17.8 Å². The highest BCUT2D eigenvalue weighted by Crippen LogP contribution is 2.34. The normalized spacial score (nSPS) is 10.9. The third-order valence-electron chi connectivity index (χ3n) is 1.64. The summed E-state index contributed by atoms with van der Waals surface area (Å²) in [5, 5.41) is 4.24. The SMILES string of the molecule is CNC(=O)Nc1cc[c]cc1C(F)(F)F. The Kier molecular flexibility index (Phi) is 3.18. The van der Waals surface area contributed by atoms with Crippen molar-refractivity contribution in [2.45, 2.75) is 6.18 Å². The Balaban J connectivity index is 3.02. The zero-order chi connectivity index (χ0) is 11.5. The maximum atomic E-state index is 12.4. The Morgan fingerprint density at radius 2 is 2.13 bits per heavy atom. The molecule has 1 radical (unpaired) electrons. The fourth-order valence-electron chi connectivity index (χ4n) is 0.959. The molecular weight excluding hydrogens is 209 g/mol. The summed E-state index contributed by atoms with van der Waals surface area (Å²) in [4.78, 5) is 10.9. The molecule has 0 spiro atoms. The molecule has 0 fully saturated rings. The van der Waals surface area contributed by atoms with Crippen LogP contribution in [0.4, 0.5) is 23.7 Å². The Labute approximate surface area is 84.3 Å². The molecule has 0 unspecified atom stereocenters. The monoisotopic (exact) mass is 217 g/mol. The quantitative estimate of drug-likeness (QED) is 0.744. The van der Waals surface area contributed by atoms with Gasteiger partial charge in [0.15, 0.2) is 0 Å². The van der Waals surface area contributed by atoms with Crippen LogP contribution in [-0.2, 0) is 6.18 Å². The topological polar surface area (TPSA) is 41.1 Å².